The van der Waals surface area contributed by atoms with E-state index in [-0.39, 0.29) is 17.4 Å². The molecular weight excluding hydrogens is 378 g/mol. The van der Waals surface area contributed by atoms with Gasteiger partial charge in [0, 0.05) is 17.2 Å². The fourth-order valence-electron chi connectivity index (χ4n) is 2.05. The molecule has 0 aromatic heterocycles. The maximum Gasteiger partial charge on any atom is 0.284 e. The minimum atomic E-state index is -0.339. The summed E-state index contributed by atoms with van der Waals surface area (Å²) >= 11 is 4.45. The second kappa shape index (κ2) is 6.22. The van der Waals surface area contributed by atoms with Crippen LogP contribution in [-0.4, -0.2) is 21.2 Å². The zero-order chi connectivity index (χ0) is 16.6. The number of benzene rings is 2. The summed E-state index contributed by atoms with van der Waals surface area (Å²) in [6.07, 6.45) is 1.57. The van der Waals surface area contributed by atoms with Crippen molar-refractivity contribution in [3.05, 3.63) is 62.5 Å². The number of halogens is 1. The van der Waals surface area contributed by atoms with E-state index < -0.39 is 0 Å². The minimum Gasteiger partial charge on any atom is -0.507 e. The van der Waals surface area contributed by atoms with Gasteiger partial charge >= 0.3 is 0 Å². The summed E-state index contributed by atoms with van der Waals surface area (Å²) in [5, 5.41) is 20.1. The van der Waals surface area contributed by atoms with Crippen molar-refractivity contribution in [3.8, 4) is 11.5 Å². The van der Waals surface area contributed by atoms with Gasteiger partial charge in [0.25, 0.3) is 5.91 Å². The van der Waals surface area contributed by atoms with E-state index in [1.165, 1.54) is 17.8 Å². The van der Waals surface area contributed by atoms with Gasteiger partial charge in [-0.3, -0.25) is 4.79 Å². The molecule has 0 spiro atoms. The van der Waals surface area contributed by atoms with Gasteiger partial charge in [0.1, 0.15) is 16.5 Å². The Bertz CT molecular complexity index is 857. The molecule has 1 heterocycles. The van der Waals surface area contributed by atoms with Crippen LogP contribution >= 0.6 is 27.7 Å². The molecule has 0 unspecified atom stereocenters. The Balaban J connectivity index is 1.91. The second-order valence-electron chi connectivity index (χ2n) is 5.06. The molecule has 0 bridgehead atoms. The number of carbonyl (C=O) groups excluding carboxylic acids is 1. The first-order valence-electron chi connectivity index (χ1n) is 6.75. The maximum absolute atomic E-state index is 12.1. The van der Waals surface area contributed by atoms with Crippen molar-refractivity contribution in [3.63, 3.8) is 0 Å². The molecule has 0 atom stereocenters. The summed E-state index contributed by atoms with van der Waals surface area (Å²) in [7, 11) is 0. The average Bonchev–Trinajstić information content (AvgIpc) is 2.86. The summed E-state index contributed by atoms with van der Waals surface area (Å²) in [4.78, 5) is 16.6. The average molecular weight is 390 g/mol. The monoisotopic (exact) mass is 389 g/mol. The Kier molecular flexibility index (Phi) is 4.28. The Morgan fingerprint density at radius 2 is 1.83 bits per heavy atom. The Morgan fingerprint density at radius 3 is 2.52 bits per heavy atom. The molecule has 2 aromatic rings. The zero-order valence-electron chi connectivity index (χ0n) is 12.1. The van der Waals surface area contributed by atoms with E-state index in [1.807, 2.05) is 31.2 Å². The number of hydrogen-bond acceptors (Lipinski definition) is 4. The maximum atomic E-state index is 12.1. The molecule has 23 heavy (non-hydrogen) atoms. The van der Waals surface area contributed by atoms with Crippen LogP contribution in [0.4, 0.5) is 0 Å². The molecule has 1 aliphatic heterocycles. The van der Waals surface area contributed by atoms with Crippen LogP contribution in [0.15, 0.2) is 50.8 Å². The summed E-state index contributed by atoms with van der Waals surface area (Å²) in [6.45, 7) is 2.00. The number of thioether (sulfide) groups is 1. The molecule has 0 fully saturated rings. The smallest absolute Gasteiger partial charge is 0.284 e. The zero-order valence-corrected chi connectivity index (χ0v) is 14.5. The first-order chi connectivity index (χ1) is 10.9. The summed E-state index contributed by atoms with van der Waals surface area (Å²) in [5.41, 5.74) is 2.46. The quantitative estimate of drug-likeness (QED) is 0.753. The van der Waals surface area contributed by atoms with Crippen molar-refractivity contribution in [1.82, 2.24) is 0 Å². The predicted molar refractivity (Wildman–Crippen MR) is 95.8 cm³/mol. The van der Waals surface area contributed by atoms with Crippen molar-refractivity contribution < 1.29 is 15.0 Å². The third-order valence-electron chi connectivity index (χ3n) is 3.30. The third kappa shape index (κ3) is 3.33. The van der Waals surface area contributed by atoms with Crippen molar-refractivity contribution in [2.24, 2.45) is 4.99 Å². The highest BCUT2D eigenvalue weighted by atomic mass is 79.9. The van der Waals surface area contributed by atoms with Gasteiger partial charge in [0.2, 0.25) is 0 Å². The Labute approximate surface area is 145 Å². The van der Waals surface area contributed by atoms with Gasteiger partial charge in [-0.1, -0.05) is 41.6 Å². The lowest BCUT2D eigenvalue weighted by atomic mass is 10.1. The molecule has 4 nitrogen and oxygen atoms in total. The standard InChI is InChI=1S/C17H12BrNO3S/c1-9-2-4-10(5-3-9)17-19-16(22)15(23-17)7-11-6-12(18)14(21)8-13(11)20/h2-8,20-21H,1H3/b15-7+. The van der Waals surface area contributed by atoms with E-state index in [2.05, 4.69) is 20.9 Å². The SMILES string of the molecule is Cc1ccc(C2=NC(=O)/C(=C\c3cc(Br)c(O)cc3O)S2)cc1. The van der Waals surface area contributed by atoms with Gasteiger partial charge in [0.15, 0.2) is 0 Å². The van der Waals surface area contributed by atoms with E-state index in [4.69, 9.17) is 0 Å². The second-order valence-corrected chi connectivity index (χ2v) is 6.95. The lowest BCUT2D eigenvalue weighted by Crippen LogP contribution is -1.90. The number of aliphatic imine (C=N–C) groups is 1. The summed E-state index contributed by atoms with van der Waals surface area (Å²) < 4.78 is 0.442. The van der Waals surface area contributed by atoms with Crippen LogP contribution in [0.5, 0.6) is 11.5 Å². The van der Waals surface area contributed by atoms with Crippen molar-refractivity contribution in [2.45, 2.75) is 6.92 Å². The van der Waals surface area contributed by atoms with E-state index in [1.54, 1.807) is 12.1 Å². The lowest BCUT2D eigenvalue weighted by molar-refractivity contribution is -0.113. The Morgan fingerprint density at radius 1 is 1.13 bits per heavy atom. The first-order valence-corrected chi connectivity index (χ1v) is 8.36. The highest BCUT2D eigenvalue weighted by Gasteiger charge is 2.23. The molecule has 6 heteroatoms. The van der Waals surface area contributed by atoms with Crippen LogP contribution in [0, 0.1) is 6.92 Å². The fraction of sp³-hybridized carbons (Fsp3) is 0.0588. The molecule has 1 aliphatic rings. The highest BCUT2D eigenvalue weighted by Crippen LogP contribution is 2.36. The van der Waals surface area contributed by atoms with Crippen LogP contribution in [0.3, 0.4) is 0 Å². The number of phenolic OH excluding ortho intramolecular Hbond substituents is 2. The molecule has 0 saturated heterocycles. The number of nitrogens with zero attached hydrogens (tertiary/aromatic N) is 1. The summed E-state index contributed by atoms with van der Waals surface area (Å²) in [6, 6.07) is 10.6. The molecule has 3 rings (SSSR count). The van der Waals surface area contributed by atoms with Crippen molar-refractivity contribution in [2.75, 3.05) is 0 Å². The number of aromatic hydroxyl groups is 2. The first kappa shape index (κ1) is 15.8. The molecule has 0 saturated carbocycles. The molecule has 0 radical (unpaired) electrons. The molecule has 116 valence electrons. The third-order valence-corrected chi connectivity index (χ3v) is 4.97. The van der Waals surface area contributed by atoms with Crippen molar-refractivity contribution in [1.29, 1.82) is 0 Å². The minimum absolute atomic E-state index is 0.0633. The normalized spacial score (nSPS) is 16.0. The van der Waals surface area contributed by atoms with E-state index in [0.29, 0.717) is 20.0 Å². The predicted octanol–water partition coefficient (Wildman–Crippen LogP) is 4.23. The molecule has 2 N–H and O–H groups in total. The van der Waals surface area contributed by atoms with Crippen LogP contribution in [0.1, 0.15) is 16.7 Å². The topological polar surface area (TPSA) is 69.9 Å². The van der Waals surface area contributed by atoms with Crippen LogP contribution in [0.25, 0.3) is 6.08 Å². The van der Waals surface area contributed by atoms with Crippen LogP contribution < -0.4 is 0 Å². The van der Waals surface area contributed by atoms with Crippen molar-refractivity contribution >= 4 is 44.7 Å². The van der Waals surface area contributed by atoms with Gasteiger partial charge in [-0.2, -0.15) is 0 Å². The van der Waals surface area contributed by atoms with Gasteiger partial charge in [-0.05, 0) is 35.0 Å². The molecule has 1 amide bonds. The Hall–Kier alpha value is -2.05. The van der Waals surface area contributed by atoms with Gasteiger partial charge in [-0.25, -0.2) is 4.99 Å². The molecule has 2 aromatic carbocycles. The number of phenols is 2. The van der Waals surface area contributed by atoms with Gasteiger partial charge < -0.3 is 10.2 Å². The molecular formula is C17H12BrNO3S. The molecule has 0 aliphatic carbocycles. The van der Waals surface area contributed by atoms with Gasteiger partial charge in [0.05, 0.1) is 9.38 Å². The number of carbonyl (C=O) groups is 1. The van der Waals surface area contributed by atoms with E-state index in [9.17, 15) is 15.0 Å². The highest BCUT2D eigenvalue weighted by molar-refractivity contribution is 9.10. The van der Waals surface area contributed by atoms with Gasteiger partial charge in [-0.15, -0.1) is 0 Å². The number of aryl methyl sites for hydroxylation is 1. The van der Waals surface area contributed by atoms with E-state index in [0.717, 1.165) is 11.1 Å². The van der Waals surface area contributed by atoms with Crippen LogP contribution in [-0.2, 0) is 4.79 Å². The summed E-state index contributed by atoms with van der Waals surface area (Å²) in [5.74, 6) is -0.504. The fourth-order valence-corrected chi connectivity index (χ4v) is 3.32. The largest absolute Gasteiger partial charge is 0.507 e. The lowest BCUT2D eigenvalue weighted by Gasteiger charge is -2.04. The van der Waals surface area contributed by atoms with E-state index >= 15 is 0 Å². The van der Waals surface area contributed by atoms with Crippen LogP contribution in [0.2, 0.25) is 0 Å². The number of hydrogen-bond donors (Lipinski definition) is 2. The number of rotatable bonds is 2. The number of amides is 1.